The van der Waals surface area contributed by atoms with Crippen molar-refractivity contribution in [2.75, 3.05) is 0 Å². The molecule has 1 fully saturated rings. The molecule has 0 saturated heterocycles. The zero-order chi connectivity index (χ0) is 13.7. The van der Waals surface area contributed by atoms with Gasteiger partial charge in [0.25, 0.3) is 0 Å². The lowest BCUT2D eigenvalue weighted by molar-refractivity contribution is 0.0613. The van der Waals surface area contributed by atoms with Crippen LogP contribution in [0.3, 0.4) is 0 Å². The summed E-state index contributed by atoms with van der Waals surface area (Å²) in [7, 11) is 0. The van der Waals surface area contributed by atoms with E-state index in [-0.39, 0.29) is 0 Å². The Morgan fingerprint density at radius 1 is 1.16 bits per heavy atom. The van der Waals surface area contributed by atoms with Gasteiger partial charge in [0.15, 0.2) is 0 Å². The molecular weight excluding hydrogens is 228 g/mol. The largest absolute Gasteiger partial charge is 0.0654 e. The molecule has 1 aliphatic carbocycles. The van der Waals surface area contributed by atoms with E-state index in [1.165, 1.54) is 44.9 Å². The van der Waals surface area contributed by atoms with Crippen LogP contribution >= 0.6 is 0 Å². The summed E-state index contributed by atoms with van der Waals surface area (Å²) in [4.78, 5) is 0. The van der Waals surface area contributed by atoms with Crippen molar-refractivity contribution in [1.29, 1.82) is 0 Å². The maximum absolute atomic E-state index is 2.51. The summed E-state index contributed by atoms with van der Waals surface area (Å²) >= 11 is 0. The summed E-state index contributed by atoms with van der Waals surface area (Å²) in [5.41, 5.74) is 2.13. The highest BCUT2D eigenvalue weighted by Gasteiger charge is 2.43. The van der Waals surface area contributed by atoms with Gasteiger partial charge in [0, 0.05) is 0 Å². The van der Waals surface area contributed by atoms with Gasteiger partial charge in [0.2, 0.25) is 0 Å². The molecule has 0 aromatic heterocycles. The van der Waals surface area contributed by atoms with Crippen LogP contribution in [0.2, 0.25) is 0 Å². The molecule has 0 N–H and O–H groups in total. The lowest BCUT2D eigenvalue weighted by atomic mass is 9.56. The first-order valence-corrected chi connectivity index (χ1v) is 8.29. The Morgan fingerprint density at radius 2 is 1.89 bits per heavy atom. The van der Waals surface area contributed by atoms with Crippen molar-refractivity contribution in [3.8, 4) is 0 Å². The van der Waals surface area contributed by atoms with Crippen molar-refractivity contribution >= 4 is 0 Å². The smallest absolute Gasteiger partial charge is 0.0103 e. The molecule has 106 valence electrons. The van der Waals surface area contributed by atoms with Gasteiger partial charge in [-0.3, -0.25) is 0 Å². The van der Waals surface area contributed by atoms with Crippen molar-refractivity contribution in [3.63, 3.8) is 0 Å². The molecule has 1 aromatic carbocycles. The molecule has 1 aromatic rings. The summed E-state index contributed by atoms with van der Waals surface area (Å²) in [6, 6.07) is 11.3. The summed E-state index contributed by atoms with van der Waals surface area (Å²) in [6.45, 7) is 7.27. The molecular formula is C19H30. The van der Waals surface area contributed by atoms with Gasteiger partial charge in [-0.15, -0.1) is 0 Å². The number of hydrogen-bond donors (Lipinski definition) is 0. The van der Waals surface area contributed by atoms with E-state index in [1.54, 1.807) is 5.56 Å². The topological polar surface area (TPSA) is 0 Å². The molecule has 19 heavy (non-hydrogen) atoms. The second kappa shape index (κ2) is 6.59. The first-order valence-electron chi connectivity index (χ1n) is 8.29. The Balaban J connectivity index is 2.35. The highest BCUT2D eigenvalue weighted by atomic mass is 14.5. The standard InChI is InChI=1S/C19H30/c1-4-11-18(17-13-7-6-8-14-17)19(5-2)15-10-9-12-16(19)3/h6-8,13-14,16,18H,4-5,9-12,15H2,1-3H3. The predicted molar refractivity (Wildman–Crippen MR) is 84.4 cm³/mol. The summed E-state index contributed by atoms with van der Waals surface area (Å²) in [6.07, 6.45) is 9.73. The van der Waals surface area contributed by atoms with Crippen LogP contribution in [0, 0.1) is 11.3 Å². The second-order valence-electron chi connectivity index (χ2n) is 6.49. The molecule has 0 heterocycles. The van der Waals surface area contributed by atoms with E-state index in [2.05, 4.69) is 51.1 Å². The number of hydrogen-bond acceptors (Lipinski definition) is 0. The van der Waals surface area contributed by atoms with E-state index in [1.807, 2.05) is 0 Å². The maximum atomic E-state index is 2.51. The SMILES string of the molecule is CCCC(c1ccccc1)C1(CC)CCCCC1C. The van der Waals surface area contributed by atoms with Crippen molar-refractivity contribution in [1.82, 2.24) is 0 Å². The molecule has 1 aliphatic rings. The van der Waals surface area contributed by atoms with Gasteiger partial charge in [-0.1, -0.05) is 76.8 Å². The number of rotatable bonds is 5. The second-order valence-corrected chi connectivity index (χ2v) is 6.49. The number of benzene rings is 1. The predicted octanol–water partition coefficient (Wildman–Crippen LogP) is 6.18. The highest BCUT2D eigenvalue weighted by Crippen LogP contribution is 2.54. The molecule has 0 nitrogen and oxygen atoms in total. The van der Waals surface area contributed by atoms with Crippen molar-refractivity contribution in [2.45, 2.75) is 71.6 Å². The van der Waals surface area contributed by atoms with Crippen molar-refractivity contribution in [2.24, 2.45) is 11.3 Å². The van der Waals surface area contributed by atoms with Gasteiger partial charge in [-0.2, -0.15) is 0 Å². The van der Waals surface area contributed by atoms with E-state index < -0.39 is 0 Å². The van der Waals surface area contributed by atoms with Crippen LogP contribution in [0.4, 0.5) is 0 Å². The average Bonchev–Trinajstić information content (AvgIpc) is 2.47. The van der Waals surface area contributed by atoms with Gasteiger partial charge in [-0.25, -0.2) is 0 Å². The Kier molecular flexibility index (Phi) is 5.07. The van der Waals surface area contributed by atoms with Gasteiger partial charge in [0.1, 0.15) is 0 Å². The lowest BCUT2D eigenvalue weighted by Gasteiger charge is -2.48. The van der Waals surface area contributed by atoms with Crippen LogP contribution in [-0.4, -0.2) is 0 Å². The molecule has 3 unspecified atom stereocenters. The zero-order valence-corrected chi connectivity index (χ0v) is 13.0. The first kappa shape index (κ1) is 14.6. The summed E-state index contributed by atoms with van der Waals surface area (Å²) in [5, 5.41) is 0. The highest BCUT2D eigenvalue weighted by molar-refractivity contribution is 5.23. The van der Waals surface area contributed by atoms with Gasteiger partial charge in [0.05, 0.1) is 0 Å². The van der Waals surface area contributed by atoms with Gasteiger partial charge >= 0.3 is 0 Å². The van der Waals surface area contributed by atoms with Crippen molar-refractivity contribution in [3.05, 3.63) is 35.9 Å². The molecule has 2 rings (SSSR count). The van der Waals surface area contributed by atoms with Crippen LogP contribution < -0.4 is 0 Å². The summed E-state index contributed by atoms with van der Waals surface area (Å²) < 4.78 is 0. The van der Waals surface area contributed by atoms with Gasteiger partial charge in [-0.05, 0) is 42.1 Å². The molecule has 0 spiro atoms. The third-order valence-corrected chi connectivity index (χ3v) is 5.64. The Hall–Kier alpha value is -0.780. The minimum Gasteiger partial charge on any atom is -0.0654 e. The van der Waals surface area contributed by atoms with E-state index in [0.29, 0.717) is 5.41 Å². The molecule has 0 bridgehead atoms. The van der Waals surface area contributed by atoms with Crippen LogP contribution in [0.1, 0.15) is 77.2 Å². The molecule has 3 atom stereocenters. The molecule has 0 heteroatoms. The Bertz CT molecular complexity index is 367. The van der Waals surface area contributed by atoms with E-state index in [4.69, 9.17) is 0 Å². The third-order valence-electron chi connectivity index (χ3n) is 5.64. The molecule has 0 aliphatic heterocycles. The minimum atomic E-state index is 0.551. The fraction of sp³-hybridized carbons (Fsp3) is 0.684. The fourth-order valence-electron chi connectivity index (χ4n) is 4.49. The molecule has 0 amide bonds. The maximum Gasteiger partial charge on any atom is -0.0103 e. The fourth-order valence-corrected chi connectivity index (χ4v) is 4.49. The van der Waals surface area contributed by atoms with E-state index in [9.17, 15) is 0 Å². The van der Waals surface area contributed by atoms with Crippen molar-refractivity contribution < 1.29 is 0 Å². The van der Waals surface area contributed by atoms with Crippen LogP contribution in [0.15, 0.2) is 30.3 Å². The van der Waals surface area contributed by atoms with E-state index in [0.717, 1.165) is 11.8 Å². The zero-order valence-electron chi connectivity index (χ0n) is 13.0. The average molecular weight is 258 g/mol. The third kappa shape index (κ3) is 2.88. The van der Waals surface area contributed by atoms with Crippen LogP contribution in [-0.2, 0) is 0 Å². The quantitative estimate of drug-likeness (QED) is 0.592. The van der Waals surface area contributed by atoms with E-state index >= 15 is 0 Å². The monoisotopic (exact) mass is 258 g/mol. The normalized spacial score (nSPS) is 29.1. The first-order chi connectivity index (χ1) is 9.24. The van der Waals surface area contributed by atoms with Gasteiger partial charge < -0.3 is 0 Å². The minimum absolute atomic E-state index is 0.551. The lowest BCUT2D eigenvalue weighted by Crippen LogP contribution is -2.37. The Morgan fingerprint density at radius 3 is 2.47 bits per heavy atom. The van der Waals surface area contributed by atoms with Crippen LogP contribution in [0.5, 0.6) is 0 Å². The van der Waals surface area contributed by atoms with Crippen LogP contribution in [0.25, 0.3) is 0 Å². The molecule has 0 radical (unpaired) electrons. The summed E-state index contributed by atoms with van der Waals surface area (Å²) in [5.74, 6) is 1.64. The Labute approximate surface area is 119 Å². The molecule has 1 saturated carbocycles.